The van der Waals surface area contributed by atoms with Crippen LogP contribution in [-0.4, -0.2) is 68.6 Å². The number of nitrogens with two attached hydrogens (primary N) is 1. The Labute approximate surface area is 233 Å². The minimum atomic E-state index is -3.98. The molecule has 0 aliphatic heterocycles. The Morgan fingerprint density at radius 1 is 1.15 bits per heavy atom. The maximum absolute atomic E-state index is 14.0. The first-order valence-corrected chi connectivity index (χ1v) is 14.6. The summed E-state index contributed by atoms with van der Waals surface area (Å²) < 4.78 is 38.3. The molecule has 13 nitrogen and oxygen atoms in total. The smallest absolute Gasteiger partial charge is 0.326 e. The highest BCUT2D eigenvalue weighted by atomic mass is 31.2. The monoisotopic (exact) mass is 576 g/mol. The lowest BCUT2D eigenvalue weighted by atomic mass is 10.1. The number of hydrogen-bond acceptors (Lipinski definition) is 11. The number of nitrogens with zero attached hydrogens (tertiary/aromatic N) is 4. The molecule has 2 aromatic heterocycles. The molecule has 0 aliphatic rings. The predicted octanol–water partition coefficient (Wildman–Crippen LogP) is 3.08. The average Bonchev–Trinajstić information content (AvgIpc) is 3.32. The van der Waals surface area contributed by atoms with Crippen LogP contribution in [0.2, 0.25) is 0 Å². The molecule has 3 rings (SSSR count). The van der Waals surface area contributed by atoms with Gasteiger partial charge in [0.1, 0.15) is 36.4 Å². The highest BCUT2D eigenvalue weighted by molar-refractivity contribution is 7.56. The van der Waals surface area contributed by atoms with E-state index in [1.165, 1.54) is 20.2 Å². The number of carbonyl (C=O) groups is 2. The second-order valence-corrected chi connectivity index (χ2v) is 12.1. The van der Waals surface area contributed by atoms with Crippen molar-refractivity contribution in [2.75, 3.05) is 18.7 Å². The van der Waals surface area contributed by atoms with E-state index in [9.17, 15) is 14.2 Å². The predicted molar refractivity (Wildman–Crippen MR) is 148 cm³/mol. The number of nitrogen functional groups attached to an aromatic ring is 1. The molecular formula is C26H37N6O7P. The molecule has 0 amide bonds. The van der Waals surface area contributed by atoms with Crippen molar-refractivity contribution < 1.29 is 32.9 Å². The first-order chi connectivity index (χ1) is 18.9. The molecule has 14 heteroatoms. The minimum absolute atomic E-state index is 0.0373. The Kier molecular flexibility index (Phi) is 10.9. The number of esters is 1. The van der Waals surface area contributed by atoms with E-state index in [4.69, 9.17) is 24.5 Å². The van der Waals surface area contributed by atoms with Crippen molar-refractivity contribution in [1.82, 2.24) is 24.6 Å². The maximum Gasteiger partial charge on any atom is 0.326 e. The van der Waals surface area contributed by atoms with Gasteiger partial charge in [-0.25, -0.2) is 20.0 Å². The van der Waals surface area contributed by atoms with Crippen LogP contribution in [0.15, 0.2) is 43.0 Å². The SMILES string of the molecule is CC(C)OCC(C=O)OP(=O)(COC(C)Cn1cnc2c(N)ncnc21)NC(C)(C)C(=O)OCc1ccccc1. The van der Waals surface area contributed by atoms with E-state index in [1.54, 1.807) is 31.7 Å². The van der Waals surface area contributed by atoms with E-state index in [0.717, 1.165) is 5.56 Å². The number of fused-ring (bicyclic) bond motifs is 1. The number of imidazole rings is 1. The van der Waals surface area contributed by atoms with Crippen LogP contribution in [0.25, 0.3) is 11.2 Å². The van der Waals surface area contributed by atoms with E-state index < -0.39 is 37.6 Å². The highest BCUT2D eigenvalue weighted by Crippen LogP contribution is 2.46. The quantitative estimate of drug-likeness (QED) is 0.145. The van der Waals surface area contributed by atoms with E-state index >= 15 is 0 Å². The maximum atomic E-state index is 14.0. The summed E-state index contributed by atoms with van der Waals surface area (Å²) in [5.74, 6) is -0.402. The molecule has 3 unspecified atom stereocenters. The van der Waals surface area contributed by atoms with Crippen molar-refractivity contribution in [3.63, 3.8) is 0 Å². The van der Waals surface area contributed by atoms with E-state index in [0.29, 0.717) is 24.0 Å². The number of ether oxygens (including phenoxy) is 3. The highest BCUT2D eigenvalue weighted by Gasteiger charge is 2.40. The molecule has 3 aromatic rings. The molecule has 218 valence electrons. The van der Waals surface area contributed by atoms with Crippen LogP contribution in [0.1, 0.15) is 40.2 Å². The zero-order valence-corrected chi connectivity index (χ0v) is 24.2. The van der Waals surface area contributed by atoms with Gasteiger partial charge in [0.05, 0.1) is 31.7 Å². The normalized spacial score (nSPS) is 15.1. The summed E-state index contributed by atoms with van der Waals surface area (Å²) >= 11 is 0. The molecule has 0 fully saturated rings. The Morgan fingerprint density at radius 2 is 1.88 bits per heavy atom. The summed E-state index contributed by atoms with van der Waals surface area (Å²) in [7, 11) is -3.98. The fourth-order valence-corrected chi connectivity index (χ4v) is 5.77. The molecule has 0 saturated heterocycles. The van der Waals surface area contributed by atoms with Gasteiger partial charge in [0, 0.05) is 0 Å². The van der Waals surface area contributed by atoms with Crippen LogP contribution >= 0.6 is 7.52 Å². The van der Waals surface area contributed by atoms with E-state index in [-0.39, 0.29) is 25.1 Å². The van der Waals surface area contributed by atoms with Crippen molar-refractivity contribution in [2.45, 2.75) is 71.6 Å². The van der Waals surface area contributed by atoms with Gasteiger partial charge in [-0.2, -0.15) is 0 Å². The van der Waals surface area contributed by atoms with Gasteiger partial charge in [-0.3, -0.25) is 9.36 Å². The van der Waals surface area contributed by atoms with Crippen LogP contribution < -0.4 is 10.8 Å². The standard InChI is InChI=1S/C26H37N6O7P/c1-18(2)36-14-21(12-33)39-40(35,31-26(4,5)25(34)37-13-20-9-7-6-8-10-20)17-38-19(3)11-32-16-30-22-23(27)28-15-29-24(22)32/h6-10,12,15-16,18-19,21H,11,13-14,17H2,1-5H3,(H,31,35)(H2,27,28,29). The van der Waals surface area contributed by atoms with E-state index in [1.807, 2.05) is 30.3 Å². The van der Waals surface area contributed by atoms with Crippen molar-refractivity contribution in [3.8, 4) is 0 Å². The Balaban J connectivity index is 1.72. The van der Waals surface area contributed by atoms with Crippen LogP contribution in [0.3, 0.4) is 0 Å². The van der Waals surface area contributed by atoms with Gasteiger partial charge in [-0.05, 0) is 40.2 Å². The van der Waals surface area contributed by atoms with Gasteiger partial charge in [-0.1, -0.05) is 30.3 Å². The van der Waals surface area contributed by atoms with Crippen molar-refractivity contribution in [3.05, 3.63) is 48.5 Å². The lowest BCUT2D eigenvalue weighted by Gasteiger charge is -2.31. The number of aromatic nitrogens is 4. The summed E-state index contributed by atoms with van der Waals surface area (Å²) in [5.41, 5.74) is 6.20. The number of anilines is 1. The van der Waals surface area contributed by atoms with Crippen LogP contribution in [0.5, 0.6) is 0 Å². The lowest BCUT2D eigenvalue weighted by Crippen LogP contribution is -2.47. The second kappa shape index (κ2) is 13.9. The fourth-order valence-electron chi connectivity index (χ4n) is 3.65. The molecule has 1 aromatic carbocycles. The topological polar surface area (TPSA) is 170 Å². The van der Waals surface area contributed by atoms with Crippen molar-refractivity contribution in [2.24, 2.45) is 0 Å². The van der Waals surface area contributed by atoms with Crippen molar-refractivity contribution >= 4 is 36.8 Å². The third kappa shape index (κ3) is 8.90. The van der Waals surface area contributed by atoms with Gasteiger partial charge in [0.25, 0.3) is 7.52 Å². The number of rotatable bonds is 16. The lowest BCUT2D eigenvalue weighted by molar-refractivity contribution is -0.151. The number of aldehydes is 1. The van der Waals surface area contributed by atoms with Gasteiger partial charge in [0.15, 0.2) is 17.8 Å². The third-order valence-electron chi connectivity index (χ3n) is 5.64. The minimum Gasteiger partial charge on any atom is -0.459 e. The molecule has 3 atom stereocenters. The summed E-state index contributed by atoms with van der Waals surface area (Å²) in [6.07, 6.45) is 1.12. The molecule has 0 saturated carbocycles. The molecule has 3 N–H and O–H groups in total. The molecule has 0 radical (unpaired) electrons. The molecule has 2 heterocycles. The number of carbonyl (C=O) groups excluding carboxylic acids is 2. The van der Waals surface area contributed by atoms with Gasteiger partial charge in [-0.15, -0.1) is 0 Å². The molecule has 40 heavy (non-hydrogen) atoms. The van der Waals surface area contributed by atoms with Gasteiger partial charge in [0.2, 0.25) is 0 Å². The van der Waals surface area contributed by atoms with Crippen LogP contribution in [-0.2, 0) is 46.0 Å². The zero-order chi connectivity index (χ0) is 29.3. The molecule has 0 aliphatic carbocycles. The summed E-state index contributed by atoms with van der Waals surface area (Å²) in [5, 5.41) is 2.77. The summed E-state index contributed by atoms with van der Waals surface area (Å²) in [4.78, 5) is 37.1. The van der Waals surface area contributed by atoms with Gasteiger partial charge >= 0.3 is 5.97 Å². The number of nitrogens with one attached hydrogen (secondary N) is 1. The van der Waals surface area contributed by atoms with Crippen LogP contribution in [0, 0.1) is 0 Å². The molecule has 0 bridgehead atoms. The second-order valence-electron chi connectivity index (χ2n) is 10.1. The van der Waals surface area contributed by atoms with Crippen LogP contribution in [0.4, 0.5) is 5.82 Å². The average molecular weight is 577 g/mol. The Morgan fingerprint density at radius 3 is 2.55 bits per heavy atom. The largest absolute Gasteiger partial charge is 0.459 e. The Bertz CT molecular complexity index is 1320. The summed E-state index contributed by atoms with van der Waals surface area (Å²) in [6, 6.07) is 9.17. The van der Waals surface area contributed by atoms with Crippen molar-refractivity contribution in [1.29, 1.82) is 0 Å². The van der Waals surface area contributed by atoms with Gasteiger partial charge < -0.3 is 33.8 Å². The Hall–Kier alpha value is -3.22. The number of hydrogen-bond donors (Lipinski definition) is 2. The fraction of sp³-hybridized carbons (Fsp3) is 0.500. The first kappa shape index (κ1) is 31.3. The van der Waals surface area contributed by atoms with E-state index in [2.05, 4.69) is 20.0 Å². The molecule has 0 spiro atoms. The number of benzene rings is 1. The molecular weight excluding hydrogens is 539 g/mol. The zero-order valence-electron chi connectivity index (χ0n) is 23.4. The third-order valence-corrected chi connectivity index (χ3v) is 7.64. The summed E-state index contributed by atoms with van der Waals surface area (Å²) in [6.45, 7) is 8.61. The first-order valence-electron chi connectivity index (χ1n) is 12.8.